The minimum absolute atomic E-state index is 0.0344. The second-order valence-electron chi connectivity index (χ2n) is 7.33. The Hall–Kier alpha value is -2.99. The van der Waals surface area contributed by atoms with Gasteiger partial charge in [-0.25, -0.2) is 0 Å². The van der Waals surface area contributed by atoms with E-state index in [0.29, 0.717) is 13.0 Å². The van der Waals surface area contributed by atoms with Gasteiger partial charge in [-0.15, -0.1) is 0 Å². The van der Waals surface area contributed by atoms with Crippen molar-refractivity contribution in [2.45, 2.75) is 19.3 Å². The summed E-state index contributed by atoms with van der Waals surface area (Å²) >= 11 is 0. The van der Waals surface area contributed by atoms with Gasteiger partial charge in [0.1, 0.15) is 5.75 Å². The largest absolute Gasteiger partial charge is 0.497 e. The quantitative estimate of drug-likeness (QED) is 0.494. The molecule has 0 atom stereocenters. The van der Waals surface area contributed by atoms with Gasteiger partial charge in [-0.3, -0.25) is 4.79 Å². The number of ether oxygens (including phenoxy) is 3. The van der Waals surface area contributed by atoms with E-state index in [2.05, 4.69) is 23.3 Å². The van der Waals surface area contributed by atoms with Crippen molar-refractivity contribution in [3.8, 4) is 17.2 Å². The number of amides is 1. The lowest BCUT2D eigenvalue weighted by Gasteiger charge is -2.17. The summed E-state index contributed by atoms with van der Waals surface area (Å²) in [6, 6.07) is 13.8. The normalized spacial score (nSPS) is 11.0. The van der Waals surface area contributed by atoms with Crippen LogP contribution in [0.1, 0.15) is 24.0 Å². The highest BCUT2D eigenvalue weighted by atomic mass is 16.5. The van der Waals surface area contributed by atoms with Gasteiger partial charge in [-0.05, 0) is 61.8 Å². The highest BCUT2D eigenvalue weighted by Crippen LogP contribution is 2.27. The average molecular weight is 427 g/mol. The Labute approximate surface area is 185 Å². The number of methoxy groups -OCH3 is 3. The van der Waals surface area contributed by atoms with E-state index in [0.717, 1.165) is 48.7 Å². The molecular weight excluding hydrogens is 392 g/mol. The van der Waals surface area contributed by atoms with E-state index >= 15 is 0 Å². The molecule has 0 bridgehead atoms. The Morgan fingerprint density at radius 3 is 2.55 bits per heavy atom. The molecule has 6 nitrogen and oxygen atoms in total. The van der Waals surface area contributed by atoms with Gasteiger partial charge in [0, 0.05) is 19.5 Å². The van der Waals surface area contributed by atoms with Gasteiger partial charge in [0.15, 0.2) is 11.5 Å². The Morgan fingerprint density at radius 2 is 1.81 bits per heavy atom. The summed E-state index contributed by atoms with van der Waals surface area (Å²) in [7, 11) is 7.03. The molecule has 6 heteroatoms. The van der Waals surface area contributed by atoms with Crippen LogP contribution in [-0.2, 0) is 11.2 Å². The van der Waals surface area contributed by atoms with Crippen LogP contribution in [0.4, 0.5) is 0 Å². The van der Waals surface area contributed by atoms with Crippen LogP contribution in [0.3, 0.4) is 0 Å². The highest BCUT2D eigenvalue weighted by molar-refractivity contribution is 5.78. The third-order valence-electron chi connectivity index (χ3n) is 4.98. The lowest BCUT2D eigenvalue weighted by Crippen LogP contribution is -2.28. The maximum atomic E-state index is 12.0. The molecule has 0 radical (unpaired) electrons. The van der Waals surface area contributed by atoms with Gasteiger partial charge in [-0.1, -0.05) is 30.4 Å². The number of likely N-dealkylation sites (N-methyl/N-ethyl adjacent to an activating group) is 1. The number of carbonyl (C=O) groups excluding carboxylic acids is 1. The zero-order valence-corrected chi connectivity index (χ0v) is 19.0. The van der Waals surface area contributed by atoms with E-state index in [1.165, 1.54) is 5.56 Å². The molecule has 2 rings (SSSR count). The number of rotatable bonds is 13. The second kappa shape index (κ2) is 13.3. The van der Waals surface area contributed by atoms with Crippen molar-refractivity contribution in [3.05, 3.63) is 59.7 Å². The molecule has 0 aliphatic carbocycles. The van der Waals surface area contributed by atoms with E-state index in [9.17, 15) is 4.79 Å². The molecule has 0 aromatic heterocycles. The van der Waals surface area contributed by atoms with Crippen LogP contribution in [0.25, 0.3) is 6.08 Å². The van der Waals surface area contributed by atoms with Crippen molar-refractivity contribution in [2.75, 3.05) is 48.0 Å². The van der Waals surface area contributed by atoms with Gasteiger partial charge in [0.2, 0.25) is 5.91 Å². The van der Waals surface area contributed by atoms with Crippen LogP contribution in [0, 0.1) is 0 Å². The summed E-state index contributed by atoms with van der Waals surface area (Å²) in [5.41, 5.74) is 2.23. The molecule has 2 aromatic carbocycles. The molecule has 31 heavy (non-hydrogen) atoms. The summed E-state index contributed by atoms with van der Waals surface area (Å²) in [6.45, 7) is 2.53. The zero-order chi connectivity index (χ0) is 22.5. The lowest BCUT2D eigenvalue weighted by atomic mass is 10.1. The maximum Gasteiger partial charge on any atom is 0.223 e. The van der Waals surface area contributed by atoms with Crippen molar-refractivity contribution in [3.63, 3.8) is 0 Å². The van der Waals surface area contributed by atoms with E-state index in [4.69, 9.17) is 14.2 Å². The molecular formula is C25H34N2O4. The van der Waals surface area contributed by atoms with Crippen LogP contribution in [0.2, 0.25) is 0 Å². The Morgan fingerprint density at radius 1 is 1.00 bits per heavy atom. The van der Waals surface area contributed by atoms with Crippen molar-refractivity contribution in [2.24, 2.45) is 0 Å². The first-order valence-electron chi connectivity index (χ1n) is 10.5. The average Bonchev–Trinajstić information content (AvgIpc) is 2.80. The predicted octanol–water partition coefficient (Wildman–Crippen LogP) is 3.80. The van der Waals surface area contributed by atoms with Crippen LogP contribution < -0.4 is 19.5 Å². The number of nitrogens with one attached hydrogen (secondary N) is 1. The lowest BCUT2D eigenvalue weighted by molar-refractivity contribution is -0.120. The molecule has 0 saturated carbocycles. The third kappa shape index (κ3) is 8.72. The van der Waals surface area contributed by atoms with Gasteiger partial charge in [0.25, 0.3) is 0 Å². The van der Waals surface area contributed by atoms with Crippen LogP contribution >= 0.6 is 0 Å². The number of carbonyl (C=O) groups is 1. The molecule has 1 N–H and O–H groups in total. The number of hydrogen-bond donors (Lipinski definition) is 1. The highest BCUT2D eigenvalue weighted by Gasteiger charge is 2.06. The molecule has 0 saturated heterocycles. The van der Waals surface area contributed by atoms with E-state index in [1.54, 1.807) is 21.3 Å². The minimum Gasteiger partial charge on any atom is -0.497 e. The monoisotopic (exact) mass is 426 g/mol. The van der Waals surface area contributed by atoms with Gasteiger partial charge in [0.05, 0.1) is 21.3 Å². The fourth-order valence-corrected chi connectivity index (χ4v) is 3.16. The van der Waals surface area contributed by atoms with E-state index in [-0.39, 0.29) is 5.91 Å². The minimum atomic E-state index is 0.0344. The van der Waals surface area contributed by atoms with Gasteiger partial charge < -0.3 is 24.4 Å². The first-order chi connectivity index (χ1) is 15.0. The first kappa shape index (κ1) is 24.3. The fourth-order valence-electron chi connectivity index (χ4n) is 3.16. The molecule has 0 heterocycles. The SMILES string of the molecule is COc1cccc(/C=C/CC(=O)NCCCN(C)CCc2ccc(OC)c(OC)c2)c1. The molecule has 168 valence electrons. The van der Waals surface area contributed by atoms with E-state index in [1.807, 2.05) is 48.6 Å². The molecule has 0 aliphatic rings. The van der Waals surface area contributed by atoms with Crippen molar-refractivity contribution < 1.29 is 19.0 Å². The van der Waals surface area contributed by atoms with Crippen LogP contribution in [0.5, 0.6) is 17.2 Å². The Bertz CT molecular complexity index is 851. The molecule has 1 amide bonds. The maximum absolute atomic E-state index is 12.0. The number of nitrogens with zero attached hydrogens (tertiary/aromatic N) is 1. The van der Waals surface area contributed by atoms with Crippen molar-refractivity contribution >= 4 is 12.0 Å². The Kier molecular flexibility index (Phi) is 10.4. The van der Waals surface area contributed by atoms with Crippen molar-refractivity contribution in [1.82, 2.24) is 10.2 Å². The number of hydrogen-bond acceptors (Lipinski definition) is 5. The first-order valence-corrected chi connectivity index (χ1v) is 10.5. The van der Waals surface area contributed by atoms with Gasteiger partial charge in [-0.2, -0.15) is 0 Å². The number of benzene rings is 2. The van der Waals surface area contributed by atoms with Crippen LogP contribution in [0.15, 0.2) is 48.5 Å². The molecule has 0 spiro atoms. The van der Waals surface area contributed by atoms with Gasteiger partial charge >= 0.3 is 0 Å². The molecule has 2 aromatic rings. The summed E-state index contributed by atoms with van der Waals surface area (Å²) in [5.74, 6) is 2.34. The van der Waals surface area contributed by atoms with E-state index < -0.39 is 0 Å². The summed E-state index contributed by atoms with van der Waals surface area (Å²) in [5, 5.41) is 2.98. The molecule has 0 aliphatic heterocycles. The standard InChI is InChI=1S/C25H34N2O4/c1-27(17-14-21-12-13-23(30-3)24(19-21)31-4)16-7-15-26-25(28)11-6-9-20-8-5-10-22(18-20)29-2/h5-6,8-10,12-13,18-19H,7,11,14-17H2,1-4H3,(H,26,28)/b9-6+. The Balaban J connectivity index is 1.62. The zero-order valence-electron chi connectivity index (χ0n) is 19.0. The van der Waals surface area contributed by atoms with Crippen LogP contribution in [-0.4, -0.2) is 58.8 Å². The summed E-state index contributed by atoms with van der Waals surface area (Å²) in [6.07, 6.45) is 6.02. The summed E-state index contributed by atoms with van der Waals surface area (Å²) < 4.78 is 15.8. The molecule has 0 fully saturated rings. The predicted molar refractivity (Wildman–Crippen MR) is 125 cm³/mol. The second-order valence-corrected chi connectivity index (χ2v) is 7.33. The molecule has 0 unspecified atom stereocenters. The third-order valence-corrected chi connectivity index (χ3v) is 4.98. The van der Waals surface area contributed by atoms with Crippen molar-refractivity contribution in [1.29, 1.82) is 0 Å². The smallest absolute Gasteiger partial charge is 0.223 e. The fraction of sp³-hybridized carbons (Fsp3) is 0.400. The summed E-state index contributed by atoms with van der Waals surface area (Å²) in [4.78, 5) is 14.3. The topological polar surface area (TPSA) is 60.0 Å².